The van der Waals surface area contributed by atoms with Gasteiger partial charge in [-0.25, -0.2) is 0 Å². The van der Waals surface area contributed by atoms with Crippen LogP contribution in [0.5, 0.6) is 0 Å². The van der Waals surface area contributed by atoms with Crippen molar-refractivity contribution in [3.05, 3.63) is 209 Å². The molecule has 0 radical (unpaired) electrons. The summed E-state index contributed by atoms with van der Waals surface area (Å²) in [5.41, 5.74) is 28.4. The van der Waals surface area contributed by atoms with E-state index in [9.17, 15) is 0 Å². The summed E-state index contributed by atoms with van der Waals surface area (Å²) in [7, 11) is 0. The zero-order chi connectivity index (χ0) is 58.8. The molecule has 0 unspecified atom stereocenters. The van der Waals surface area contributed by atoms with Gasteiger partial charge in [0, 0.05) is 50.6 Å². The van der Waals surface area contributed by atoms with Crippen LogP contribution in [0.15, 0.2) is 176 Å². The molecule has 5 heteroatoms. The van der Waals surface area contributed by atoms with E-state index in [-0.39, 0.29) is 39.2 Å². The third-order valence-corrected chi connectivity index (χ3v) is 18.4. The molecule has 9 aromatic carbocycles. The number of rotatable bonds is 5. The van der Waals surface area contributed by atoms with Gasteiger partial charge in [-0.2, -0.15) is 0 Å². The van der Waals surface area contributed by atoms with Crippen molar-refractivity contribution in [2.45, 2.75) is 157 Å². The molecule has 0 amide bonds. The second-order valence-electron chi connectivity index (χ2n) is 30.5. The van der Waals surface area contributed by atoms with Crippen LogP contribution in [0.1, 0.15) is 158 Å². The van der Waals surface area contributed by atoms with Crippen LogP contribution in [0, 0.1) is 0 Å². The van der Waals surface area contributed by atoms with Crippen molar-refractivity contribution < 1.29 is 0 Å². The number of fused-ring (bicyclic) bond motifs is 9. The second kappa shape index (κ2) is 18.4. The van der Waals surface area contributed by atoms with E-state index in [0.29, 0.717) is 0 Å². The first-order valence-corrected chi connectivity index (χ1v) is 30.4. The molecule has 0 saturated heterocycles. The quantitative estimate of drug-likeness (QED) is 0.160. The van der Waals surface area contributed by atoms with Crippen LogP contribution >= 0.6 is 0 Å². The summed E-state index contributed by atoms with van der Waals surface area (Å²) in [6.45, 7) is 42.2. The van der Waals surface area contributed by atoms with Crippen molar-refractivity contribution in [2.24, 2.45) is 0 Å². The van der Waals surface area contributed by atoms with E-state index in [1.165, 1.54) is 117 Å². The lowest BCUT2D eigenvalue weighted by Crippen LogP contribution is -2.62. The highest BCUT2D eigenvalue weighted by Gasteiger charge is 2.48. The Morgan fingerprint density at radius 3 is 1.34 bits per heavy atom. The van der Waals surface area contributed by atoms with Gasteiger partial charge in [-0.05, 0) is 184 Å². The molecule has 0 saturated carbocycles. The van der Waals surface area contributed by atoms with Gasteiger partial charge in [0.25, 0.3) is 6.71 Å². The minimum Gasteiger partial charge on any atom is -0.311 e. The normalized spacial score (nSPS) is 14.1. The zero-order valence-corrected chi connectivity index (χ0v) is 52.6. The van der Waals surface area contributed by atoms with Gasteiger partial charge in [0.15, 0.2) is 0 Å². The Morgan fingerprint density at radius 1 is 0.325 bits per heavy atom. The molecule has 3 aliphatic heterocycles. The first kappa shape index (κ1) is 54.5. The number of hydrogen-bond acceptors (Lipinski definition) is 3. The maximum atomic E-state index is 2.73. The fourth-order valence-electron chi connectivity index (χ4n) is 13.3. The number of hydrogen-bond donors (Lipinski definition) is 0. The summed E-state index contributed by atoms with van der Waals surface area (Å²) in [5, 5.41) is 2.63. The number of anilines is 9. The predicted molar refractivity (Wildman–Crippen MR) is 361 cm³/mol. The third kappa shape index (κ3) is 8.94. The monoisotopic (exact) mass is 1090 g/mol. The van der Waals surface area contributed by atoms with Gasteiger partial charge in [-0.15, -0.1) is 0 Å². The molecule has 0 fully saturated rings. The van der Waals surface area contributed by atoms with Gasteiger partial charge in [0.1, 0.15) is 0 Å². The molecule has 0 spiro atoms. The number of aromatic nitrogens is 1. The Balaban J connectivity index is 1.15. The van der Waals surface area contributed by atoms with Crippen LogP contribution in [0.2, 0.25) is 0 Å². The first-order chi connectivity index (χ1) is 38.9. The molecule has 0 N–H and O–H groups in total. The summed E-state index contributed by atoms with van der Waals surface area (Å²) < 4.78 is 2.66. The van der Waals surface area contributed by atoms with Crippen molar-refractivity contribution in [1.82, 2.24) is 4.57 Å². The van der Waals surface area contributed by atoms with E-state index in [1.807, 2.05) is 0 Å². The summed E-state index contributed by atoms with van der Waals surface area (Å²) in [6.07, 6.45) is 0. The molecule has 10 aromatic rings. The van der Waals surface area contributed by atoms with E-state index < -0.39 is 0 Å². The lowest BCUT2D eigenvalue weighted by Gasteiger charge is -2.47. The Kier molecular flexibility index (Phi) is 12.1. The fourth-order valence-corrected chi connectivity index (χ4v) is 13.3. The van der Waals surface area contributed by atoms with Gasteiger partial charge in [-0.3, -0.25) is 0 Å². The van der Waals surface area contributed by atoms with Crippen LogP contribution in [0.25, 0.3) is 38.6 Å². The van der Waals surface area contributed by atoms with E-state index in [0.717, 1.165) is 22.7 Å². The number of nitrogens with zero attached hydrogens (tertiary/aromatic N) is 4. The minimum atomic E-state index is -0.183. The molecule has 0 atom stereocenters. The zero-order valence-electron chi connectivity index (χ0n) is 52.6. The molecule has 13 rings (SSSR count). The Labute approximate surface area is 495 Å². The van der Waals surface area contributed by atoms with Crippen molar-refractivity contribution in [1.29, 1.82) is 0 Å². The van der Waals surface area contributed by atoms with Gasteiger partial charge in [0.05, 0.1) is 28.1 Å². The summed E-state index contributed by atoms with van der Waals surface area (Å²) in [5.74, 6) is 0. The minimum absolute atomic E-state index is 0.0142. The summed E-state index contributed by atoms with van der Waals surface area (Å²) in [6, 6.07) is 68.8. The lowest BCUT2D eigenvalue weighted by atomic mass is 9.33. The molecule has 4 nitrogen and oxygen atoms in total. The molecule has 418 valence electrons. The molecule has 3 aliphatic rings. The Hall–Kier alpha value is -7.76. The lowest BCUT2D eigenvalue weighted by molar-refractivity contribution is 0.589. The fraction of sp³-hybridized carbons (Fsp3) is 0.308. The standard InChI is InChI=1S/C78H83BN4/c1-73(2,3)50-26-33-56(34-27-50)80(57-35-28-51(29-36-57)74(4,5)6)59-37-38-62-65(47-59)81(58-31-24-49(25-32-58)48-22-20-19-21-23-48)66-43-55(78(16,17)18)44-67-70(66)79(62)63-42-54(77(13,14)15)46-69-72(63)83(67)68-45-53(76(10,11)12)41-61-60-40-52(75(7,8)9)30-39-64(60)82(69)71(61)68/h19-47H,1-18H3. The Morgan fingerprint density at radius 2 is 0.783 bits per heavy atom. The van der Waals surface area contributed by atoms with E-state index >= 15 is 0 Å². The van der Waals surface area contributed by atoms with E-state index in [1.54, 1.807) is 0 Å². The van der Waals surface area contributed by atoms with E-state index in [2.05, 4.69) is 320 Å². The highest BCUT2D eigenvalue weighted by Crippen LogP contribution is 2.55. The smallest absolute Gasteiger partial charge is 0.252 e. The molecule has 1 aromatic heterocycles. The molecular formula is C78H83BN4. The maximum absolute atomic E-state index is 2.73. The molecule has 4 heterocycles. The van der Waals surface area contributed by atoms with Gasteiger partial charge < -0.3 is 19.3 Å². The van der Waals surface area contributed by atoms with Crippen LogP contribution in [0.4, 0.5) is 51.2 Å². The van der Waals surface area contributed by atoms with Crippen LogP contribution in [-0.2, 0) is 32.5 Å². The van der Waals surface area contributed by atoms with Gasteiger partial charge >= 0.3 is 0 Å². The maximum Gasteiger partial charge on any atom is 0.252 e. The predicted octanol–water partition coefficient (Wildman–Crippen LogP) is 20.1. The number of benzene rings is 9. The first-order valence-electron chi connectivity index (χ1n) is 30.4. The van der Waals surface area contributed by atoms with Crippen molar-refractivity contribution in [3.8, 4) is 16.8 Å². The van der Waals surface area contributed by atoms with E-state index in [4.69, 9.17) is 0 Å². The van der Waals surface area contributed by atoms with Crippen LogP contribution < -0.4 is 31.1 Å². The average molecular weight is 1090 g/mol. The third-order valence-electron chi connectivity index (χ3n) is 18.4. The van der Waals surface area contributed by atoms with Crippen molar-refractivity contribution in [3.63, 3.8) is 0 Å². The molecular weight excluding hydrogens is 1000 g/mol. The van der Waals surface area contributed by atoms with Crippen LogP contribution in [0.3, 0.4) is 0 Å². The highest BCUT2D eigenvalue weighted by atomic mass is 15.2. The second-order valence-corrected chi connectivity index (χ2v) is 30.5. The largest absolute Gasteiger partial charge is 0.311 e. The van der Waals surface area contributed by atoms with Gasteiger partial charge in [-0.1, -0.05) is 210 Å². The SMILES string of the molecule is CC(C)(C)c1ccc(N(c2ccc(C(C)(C)C)cc2)c2ccc3c(c2)N(c2ccc(-c4ccccc4)cc2)c2cc(C(C)(C)C)cc4c2B3c2cc(C(C)(C)C)cc3c2N4c2cc(C(C)(C)C)cc4c5cc(C(C)(C)C)ccc5n-3c24)cc1. The van der Waals surface area contributed by atoms with Crippen LogP contribution in [-0.4, -0.2) is 11.3 Å². The Bertz CT molecular complexity index is 4170. The van der Waals surface area contributed by atoms with Gasteiger partial charge in [0.2, 0.25) is 0 Å². The molecule has 0 bridgehead atoms. The topological polar surface area (TPSA) is 14.7 Å². The van der Waals surface area contributed by atoms with Crippen molar-refractivity contribution >= 4 is 96.1 Å². The molecule has 0 aliphatic carbocycles. The molecule has 83 heavy (non-hydrogen) atoms. The summed E-state index contributed by atoms with van der Waals surface area (Å²) >= 11 is 0. The average Bonchev–Trinajstić information content (AvgIpc) is 1.74. The summed E-state index contributed by atoms with van der Waals surface area (Å²) in [4.78, 5) is 7.82. The highest BCUT2D eigenvalue weighted by molar-refractivity contribution is 7.00. The van der Waals surface area contributed by atoms with Crippen molar-refractivity contribution in [2.75, 3.05) is 14.7 Å².